The summed E-state index contributed by atoms with van der Waals surface area (Å²) in [6, 6.07) is 15.7. The lowest BCUT2D eigenvalue weighted by Crippen LogP contribution is -2.10. The van der Waals surface area contributed by atoms with E-state index < -0.39 is 16.1 Å². The van der Waals surface area contributed by atoms with Crippen LogP contribution < -0.4 is 8.92 Å². The van der Waals surface area contributed by atoms with Crippen LogP contribution in [-0.2, 0) is 19.6 Å². The third-order valence-electron chi connectivity index (χ3n) is 4.15. The van der Waals surface area contributed by atoms with Crippen molar-refractivity contribution in [1.82, 2.24) is 0 Å². The maximum atomic E-state index is 12.5. The van der Waals surface area contributed by atoms with Gasteiger partial charge in [0.15, 0.2) is 23.0 Å². The summed E-state index contributed by atoms with van der Waals surface area (Å²) in [5.41, 5.74) is 0.615. The minimum absolute atomic E-state index is 0.0251. The van der Waals surface area contributed by atoms with E-state index >= 15 is 0 Å². The predicted molar refractivity (Wildman–Crippen MR) is 111 cm³/mol. The average Bonchev–Trinajstić information content (AvgIpc) is 3.41. The van der Waals surface area contributed by atoms with Crippen molar-refractivity contribution in [3.63, 3.8) is 0 Å². The number of benzene rings is 2. The van der Waals surface area contributed by atoms with Crippen LogP contribution in [0.1, 0.15) is 18.2 Å². The van der Waals surface area contributed by atoms with Gasteiger partial charge >= 0.3 is 16.1 Å². The van der Waals surface area contributed by atoms with E-state index in [0.29, 0.717) is 11.3 Å². The molecule has 158 valence electrons. The molecule has 1 aromatic heterocycles. The number of aliphatic imine (C=N–C) groups is 1. The Morgan fingerprint density at radius 3 is 2.55 bits per heavy atom. The maximum absolute atomic E-state index is 12.5. The number of hydrogen-bond acceptors (Lipinski definition) is 8. The summed E-state index contributed by atoms with van der Waals surface area (Å²) in [5, 5.41) is 0. The average molecular weight is 439 g/mol. The summed E-state index contributed by atoms with van der Waals surface area (Å²) in [7, 11) is -4.03. The molecule has 0 unspecified atom stereocenters. The molecular formula is C22H17NO7S. The highest BCUT2D eigenvalue weighted by molar-refractivity contribution is 7.87. The molecule has 0 atom stereocenters. The highest BCUT2D eigenvalue weighted by atomic mass is 32.2. The molecule has 9 heteroatoms. The van der Waals surface area contributed by atoms with Gasteiger partial charge in [-0.2, -0.15) is 8.42 Å². The van der Waals surface area contributed by atoms with Crippen molar-refractivity contribution >= 4 is 28.1 Å². The molecule has 0 amide bonds. The Morgan fingerprint density at radius 1 is 1.03 bits per heavy atom. The van der Waals surface area contributed by atoms with E-state index in [0.717, 1.165) is 0 Å². The van der Waals surface area contributed by atoms with Crippen molar-refractivity contribution in [3.05, 3.63) is 83.9 Å². The maximum Gasteiger partial charge on any atom is 0.363 e. The number of esters is 1. The zero-order chi connectivity index (χ0) is 21.8. The van der Waals surface area contributed by atoms with E-state index in [1.54, 1.807) is 49.4 Å². The fourth-order valence-electron chi connectivity index (χ4n) is 2.78. The second kappa shape index (κ2) is 8.49. The summed E-state index contributed by atoms with van der Waals surface area (Å²) in [6.07, 6.45) is 2.94. The van der Waals surface area contributed by atoms with E-state index in [1.807, 2.05) is 0 Å². The summed E-state index contributed by atoms with van der Waals surface area (Å²) < 4.78 is 46.2. The molecule has 2 aromatic carbocycles. The fraction of sp³-hybridized carbons (Fsp3) is 0.0909. The lowest BCUT2D eigenvalue weighted by atomic mass is 10.1. The van der Waals surface area contributed by atoms with E-state index in [1.165, 1.54) is 30.5 Å². The first-order valence-electron chi connectivity index (χ1n) is 9.29. The number of ether oxygens (including phenoxy) is 2. The normalized spacial score (nSPS) is 14.9. The first-order valence-corrected chi connectivity index (χ1v) is 10.7. The highest BCUT2D eigenvalue weighted by Crippen LogP contribution is 2.32. The van der Waals surface area contributed by atoms with Crippen LogP contribution in [0.5, 0.6) is 11.5 Å². The van der Waals surface area contributed by atoms with Crippen LogP contribution in [0.4, 0.5) is 0 Å². The van der Waals surface area contributed by atoms with Gasteiger partial charge in [-0.1, -0.05) is 24.3 Å². The molecule has 1 aliphatic rings. The minimum atomic E-state index is -4.03. The molecule has 0 aliphatic carbocycles. The SMILES string of the molecule is CCOc1cc(/C=C2\N=C(c3ccco3)OC2=O)ccc1OS(=O)(=O)c1ccccc1. The van der Waals surface area contributed by atoms with Crippen molar-refractivity contribution in [1.29, 1.82) is 0 Å². The van der Waals surface area contributed by atoms with Crippen molar-refractivity contribution in [2.24, 2.45) is 4.99 Å². The smallest absolute Gasteiger partial charge is 0.363 e. The Balaban J connectivity index is 1.63. The van der Waals surface area contributed by atoms with Gasteiger partial charge in [0.25, 0.3) is 5.90 Å². The third-order valence-corrected chi connectivity index (χ3v) is 5.40. The first-order chi connectivity index (χ1) is 15.0. The molecule has 0 saturated carbocycles. The molecule has 0 spiro atoms. The van der Waals surface area contributed by atoms with Crippen molar-refractivity contribution in [2.75, 3.05) is 6.61 Å². The van der Waals surface area contributed by atoms with Crippen LogP contribution in [0, 0.1) is 0 Å². The van der Waals surface area contributed by atoms with Gasteiger partial charge in [-0.05, 0) is 55.0 Å². The first kappa shape index (κ1) is 20.4. The fourth-order valence-corrected chi connectivity index (χ4v) is 3.74. The van der Waals surface area contributed by atoms with Gasteiger partial charge in [-0.15, -0.1) is 0 Å². The zero-order valence-corrected chi connectivity index (χ0v) is 17.2. The molecule has 4 rings (SSSR count). The third kappa shape index (κ3) is 4.51. The van der Waals surface area contributed by atoms with Gasteiger partial charge in [0, 0.05) is 0 Å². The number of hydrogen-bond donors (Lipinski definition) is 0. The second-order valence-corrected chi connectivity index (χ2v) is 7.85. The van der Waals surface area contributed by atoms with E-state index in [9.17, 15) is 13.2 Å². The Morgan fingerprint density at radius 2 is 1.84 bits per heavy atom. The second-order valence-electron chi connectivity index (χ2n) is 6.30. The van der Waals surface area contributed by atoms with Gasteiger partial charge in [-0.3, -0.25) is 0 Å². The van der Waals surface area contributed by atoms with Gasteiger partial charge < -0.3 is 18.1 Å². The zero-order valence-electron chi connectivity index (χ0n) is 16.3. The molecular weight excluding hydrogens is 422 g/mol. The van der Waals surface area contributed by atoms with Gasteiger partial charge in [0.05, 0.1) is 12.9 Å². The van der Waals surface area contributed by atoms with Crippen molar-refractivity contribution < 1.29 is 31.3 Å². The Kier molecular flexibility index (Phi) is 5.59. The minimum Gasteiger partial charge on any atom is -0.490 e. The van der Waals surface area contributed by atoms with Crippen LogP contribution in [-0.4, -0.2) is 26.9 Å². The molecule has 0 N–H and O–H groups in total. The van der Waals surface area contributed by atoms with E-state index in [2.05, 4.69) is 4.99 Å². The van der Waals surface area contributed by atoms with Gasteiger partial charge in [0.2, 0.25) is 0 Å². The lowest BCUT2D eigenvalue weighted by molar-refractivity contribution is -0.130. The highest BCUT2D eigenvalue weighted by Gasteiger charge is 2.26. The quantitative estimate of drug-likeness (QED) is 0.313. The van der Waals surface area contributed by atoms with E-state index in [4.69, 9.17) is 18.1 Å². The van der Waals surface area contributed by atoms with Crippen LogP contribution in [0.2, 0.25) is 0 Å². The number of carbonyl (C=O) groups is 1. The molecule has 31 heavy (non-hydrogen) atoms. The molecule has 0 saturated heterocycles. The Bertz CT molecular complexity index is 1260. The van der Waals surface area contributed by atoms with Crippen molar-refractivity contribution in [2.45, 2.75) is 11.8 Å². The standard InChI is InChI=1S/C22H17NO7S/c1-2-27-20-14-15(13-17-22(24)29-21(23-17)19-9-6-12-28-19)10-11-18(20)30-31(25,26)16-7-4-3-5-8-16/h3-14H,2H2,1H3/b17-13-. The summed E-state index contributed by atoms with van der Waals surface area (Å²) in [6.45, 7) is 2.04. The van der Waals surface area contributed by atoms with Crippen LogP contribution in [0.15, 0.2) is 86.9 Å². The summed E-state index contributed by atoms with van der Waals surface area (Å²) in [5.74, 6) is 0.0118. The van der Waals surface area contributed by atoms with Crippen molar-refractivity contribution in [3.8, 4) is 11.5 Å². The monoisotopic (exact) mass is 439 g/mol. The molecule has 1 aliphatic heterocycles. The molecule has 8 nitrogen and oxygen atoms in total. The topological polar surface area (TPSA) is 104 Å². The Labute approximate surface area is 178 Å². The van der Waals surface area contributed by atoms with Crippen LogP contribution >= 0.6 is 0 Å². The summed E-state index contributed by atoms with van der Waals surface area (Å²) >= 11 is 0. The van der Waals surface area contributed by atoms with Crippen LogP contribution in [0.25, 0.3) is 6.08 Å². The molecule has 0 radical (unpaired) electrons. The number of rotatable bonds is 7. The molecule has 0 bridgehead atoms. The largest absolute Gasteiger partial charge is 0.490 e. The number of nitrogens with zero attached hydrogens (tertiary/aromatic N) is 1. The van der Waals surface area contributed by atoms with E-state index in [-0.39, 0.29) is 34.6 Å². The number of cyclic esters (lactones) is 1. The summed E-state index contributed by atoms with van der Waals surface area (Å²) in [4.78, 5) is 16.3. The predicted octanol–water partition coefficient (Wildman–Crippen LogP) is 3.79. The van der Waals surface area contributed by atoms with Crippen LogP contribution in [0.3, 0.4) is 0 Å². The molecule has 3 aromatic rings. The molecule has 2 heterocycles. The number of furan rings is 1. The molecule has 0 fully saturated rings. The lowest BCUT2D eigenvalue weighted by Gasteiger charge is -2.12. The van der Waals surface area contributed by atoms with Gasteiger partial charge in [0.1, 0.15) is 4.90 Å². The Hall–Kier alpha value is -3.85. The van der Waals surface area contributed by atoms with Gasteiger partial charge in [-0.25, -0.2) is 9.79 Å². The number of carbonyl (C=O) groups excluding carboxylic acids is 1.